The van der Waals surface area contributed by atoms with Crippen molar-refractivity contribution >= 4 is 27.2 Å². The maximum absolute atomic E-state index is 12.7. The molecule has 0 aliphatic heterocycles. The Balaban J connectivity index is 1.92. The molecule has 0 aromatic heterocycles. The van der Waals surface area contributed by atoms with Gasteiger partial charge in [0.05, 0.1) is 10.6 Å². The molecule has 0 atom stereocenters. The van der Waals surface area contributed by atoms with Gasteiger partial charge in [-0.1, -0.05) is 0 Å². The number of hydrogen-bond donors (Lipinski definition) is 3. The topological polar surface area (TPSA) is 87.3 Å². The van der Waals surface area contributed by atoms with Crippen LogP contribution in [0.15, 0.2) is 53.4 Å². The first-order valence-electron chi connectivity index (χ1n) is 6.50. The number of amides is 2. The molecular formula is C14H12F3N3O3S. The molecule has 0 aliphatic rings. The number of anilines is 2. The number of hydrazine groups is 1. The average Bonchev–Trinajstić information content (AvgIpc) is 2.55. The molecule has 0 aliphatic carbocycles. The van der Waals surface area contributed by atoms with Gasteiger partial charge >= 0.3 is 11.8 Å². The molecule has 0 unspecified atom stereocenters. The highest BCUT2D eigenvalue weighted by Crippen LogP contribution is 2.19. The first-order valence-corrected chi connectivity index (χ1v) is 8.04. The fourth-order valence-corrected chi connectivity index (χ4v) is 2.38. The van der Waals surface area contributed by atoms with E-state index in [0.29, 0.717) is 5.69 Å². The zero-order valence-electron chi connectivity index (χ0n) is 12.0. The third-order valence-electron chi connectivity index (χ3n) is 2.84. The Morgan fingerprint density at radius 3 is 2.00 bits per heavy atom. The second-order valence-electron chi connectivity index (χ2n) is 4.54. The number of sulfone groups is 1. The fourth-order valence-electron chi connectivity index (χ4n) is 1.66. The first kappa shape index (κ1) is 17.6. The summed E-state index contributed by atoms with van der Waals surface area (Å²) < 4.78 is 60.0. The lowest BCUT2D eigenvalue weighted by Gasteiger charge is -2.10. The SMILES string of the molecule is O=C(NNc1ccc(S(=O)(=O)C(F)F)cc1)Nc1ccc(F)cc1. The number of carbonyl (C=O) groups is 1. The number of benzene rings is 2. The van der Waals surface area contributed by atoms with Crippen LogP contribution in [0.5, 0.6) is 0 Å². The highest BCUT2D eigenvalue weighted by atomic mass is 32.2. The highest BCUT2D eigenvalue weighted by Gasteiger charge is 2.26. The van der Waals surface area contributed by atoms with Gasteiger partial charge in [-0.05, 0) is 48.5 Å². The summed E-state index contributed by atoms with van der Waals surface area (Å²) in [5.41, 5.74) is 5.35. The standard InChI is InChI=1S/C14H12F3N3O3S/c15-9-1-3-10(4-2-9)18-14(21)20-19-11-5-7-12(8-6-11)24(22,23)13(16)17/h1-8,13,19H,(H2,18,20,21). The summed E-state index contributed by atoms with van der Waals surface area (Å²) in [7, 11) is -4.66. The van der Waals surface area contributed by atoms with Gasteiger partial charge in [0.15, 0.2) is 0 Å². The fraction of sp³-hybridized carbons (Fsp3) is 0.0714. The van der Waals surface area contributed by atoms with E-state index in [1.54, 1.807) is 0 Å². The van der Waals surface area contributed by atoms with Gasteiger partial charge in [-0.3, -0.25) is 10.9 Å². The van der Waals surface area contributed by atoms with Gasteiger partial charge in [-0.15, -0.1) is 0 Å². The highest BCUT2D eigenvalue weighted by molar-refractivity contribution is 7.91. The summed E-state index contributed by atoms with van der Waals surface area (Å²) in [6.45, 7) is 0. The van der Waals surface area contributed by atoms with Gasteiger partial charge in [-0.2, -0.15) is 8.78 Å². The molecule has 2 amide bonds. The minimum absolute atomic E-state index is 0.275. The lowest BCUT2D eigenvalue weighted by atomic mass is 10.3. The van der Waals surface area contributed by atoms with E-state index < -0.39 is 32.3 Å². The molecular weight excluding hydrogens is 347 g/mol. The Labute approximate surface area is 135 Å². The van der Waals surface area contributed by atoms with E-state index in [9.17, 15) is 26.4 Å². The van der Waals surface area contributed by atoms with E-state index >= 15 is 0 Å². The van der Waals surface area contributed by atoms with Crippen LogP contribution >= 0.6 is 0 Å². The van der Waals surface area contributed by atoms with Crippen LogP contribution in [0.2, 0.25) is 0 Å². The summed E-state index contributed by atoms with van der Waals surface area (Å²) in [5, 5.41) is 2.42. The number of alkyl halides is 2. The van der Waals surface area contributed by atoms with Crippen LogP contribution in [0.1, 0.15) is 0 Å². The molecule has 2 aromatic carbocycles. The molecule has 0 fully saturated rings. The largest absolute Gasteiger partial charge is 0.341 e. The van der Waals surface area contributed by atoms with Gasteiger partial charge in [0.2, 0.25) is 9.84 Å². The van der Waals surface area contributed by atoms with Crippen LogP contribution in [-0.4, -0.2) is 20.2 Å². The maximum atomic E-state index is 12.7. The second kappa shape index (κ2) is 7.21. The number of carbonyl (C=O) groups excluding carboxylic acids is 1. The molecule has 0 bridgehead atoms. The van der Waals surface area contributed by atoms with E-state index in [-0.39, 0.29) is 5.69 Å². The minimum atomic E-state index is -4.66. The molecule has 2 aromatic rings. The average molecular weight is 359 g/mol. The summed E-state index contributed by atoms with van der Waals surface area (Å²) in [6.07, 6.45) is 0. The lowest BCUT2D eigenvalue weighted by Crippen LogP contribution is -2.33. The molecule has 3 N–H and O–H groups in total. The Bertz CT molecular complexity index is 809. The molecule has 0 radical (unpaired) electrons. The molecule has 10 heteroatoms. The molecule has 0 saturated heterocycles. The molecule has 2 rings (SSSR count). The van der Waals surface area contributed by atoms with Crippen molar-refractivity contribution in [1.29, 1.82) is 0 Å². The Morgan fingerprint density at radius 2 is 1.46 bits per heavy atom. The van der Waals surface area contributed by atoms with Crippen LogP contribution in [0.25, 0.3) is 0 Å². The monoisotopic (exact) mass is 359 g/mol. The summed E-state index contributed by atoms with van der Waals surface area (Å²) in [5.74, 6) is -3.95. The van der Waals surface area contributed by atoms with E-state index in [0.717, 1.165) is 12.1 Å². The van der Waals surface area contributed by atoms with Crippen LogP contribution in [-0.2, 0) is 9.84 Å². The van der Waals surface area contributed by atoms with Crippen LogP contribution < -0.4 is 16.2 Å². The normalized spacial score (nSPS) is 11.2. The molecule has 0 saturated carbocycles. The van der Waals surface area contributed by atoms with Crippen LogP contribution in [0, 0.1) is 5.82 Å². The van der Waals surface area contributed by atoms with E-state index in [1.807, 2.05) is 0 Å². The molecule has 128 valence electrons. The van der Waals surface area contributed by atoms with Crippen molar-refractivity contribution in [2.45, 2.75) is 10.7 Å². The summed E-state index contributed by atoms with van der Waals surface area (Å²) in [4.78, 5) is 11.1. The van der Waals surface area contributed by atoms with E-state index in [1.165, 1.54) is 36.4 Å². The van der Waals surface area contributed by atoms with Crippen molar-refractivity contribution in [2.24, 2.45) is 0 Å². The van der Waals surface area contributed by atoms with Crippen molar-refractivity contribution in [3.05, 3.63) is 54.3 Å². The predicted octanol–water partition coefficient (Wildman–Crippen LogP) is 2.97. The quantitative estimate of drug-likeness (QED) is 0.717. The van der Waals surface area contributed by atoms with E-state index in [2.05, 4.69) is 16.2 Å². The van der Waals surface area contributed by atoms with Gasteiger partial charge < -0.3 is 5.32 Å². The van der Waals surface area contributed by atoms with Crippen LogP contribution in [0.3, 0.4) is 0 Å². The van der Waals surface area contributed by atoms with Gasteiger partial charge in [0.1, 0.15) is 5.82 Å². The maximum Gasteiger partial charge on any atom is 0.341 e. The summed E-state index contributed by atoms with van der Waals surface area (Å²) >= 11 is 0. The smallest absolute Gasteiger partial charge is 0.307 e. The number of rotatable bonds is 5. The predicted molar refractivity (Wildman–Crippen MR) is 81.8 cm³/mol. The molecule has 0 heterocycles. The van der Waals surface area contributed by atoms with Crippen molar-refractivity contribution < 1.29 is 26.4 Å². The van der Waals surface area contributed by atoms with E-state index in [4.69, 9.17) is 0 Å². The van der Waals surface area contributed by atoms with Gasteiger partial charge in [-0.25, -0.2) is 17.6 Å². The number of halogens is 3. The second-order valence-corrected chi connectivity index (χ2v) is 6.46. The third-order valence-corrected chi connectivity index (χ3v) is 4.24. The zero-order valence-corrected chi connectivity index (χ0v) is 12.8. The van der Waals surface area contributed by atoms with Crippen molar-refractivity contribution in [2.75, 3.05) is 10.7 Å². The van der Waals surface area contributed by atoms with Gasteiger partial charge in [0, 0.05) is 5.69 Å². The Morgan fingerprint density at radius 1 is 0.917 bits per heavy atom. The molecule has 6 nitrogen and oxygen atoms in total. The number of hydrogen-bond acceptors (Lipinski definition) is 4. The minimum Gasteiger partial charge on any atom is -0.307 e. The van der Waals surface area contributed by atoms with Crippen molar-refractivity contribution in [3.63, 3.8) is 0 Å². The van der Waals surface area contributed by atoms with Crippen molar-refractivity contribution in [1.82, 2.24) is 5.43 Å². The van der Waals surface area contributed by atoms with Crippen LogP contribution in [0.4, 0.5) is 29.3 Å². The van der Waals surface area contributed by atoms with Gasteiger partial charge in [0.25, 0.3) is 0 Å². The third kappa shape index (κ3) is 4.38. The lowest BCUT2D eigenvalue weighted by molar-refractivity contribution is 0.234. The Hall–Kier alpha value is -2.75. The molecule has 0 spiro atoms. The number of nitrogens with one attached hydrogen (secondary N) is 3. The Kier molecular flexibility index (Phi) is 5.29. The molecule has 24 heavy (non-hydrogen) atoms. The summed E-state index contributed by atoms with van der Waals surface area (Å²) in [6, 6.07) is 8.81. The zero-order chi connectivity index (χ0) is 17.7. The number of urea groups is 1. The van der Waals surface area contributed by atoms with Crippen molar-refractivity contribution in [3.8, 4) is 0 Å². The first-order chi connectivity index (χ1) is 11.3.